The lowest BCUT2D eigenvalue weighted by Crippen LogP contribution is -1.98. The Kier molecular flexibility index (Phi) is 2.82. The fraction of sp³-hybridized carbons (Fsp3) is 0.222. The topological polar surface area (TPSA) is 58.6 Å². The van der Waals surface area contributed by atoms with E-state index in [1.807, 2.05) is 24.3 Å². The van der Waals surface area contributed by atoms with Crippen LogP contribution in [-0.4, -0.2) is 10.9 Å². The highest BCUT2D eigenvalue weighted by molar-refractivity contribution is 5.98. The van der Waals surface area contributed by atoms with Crippen LogP contribution in [0, 0.1) is 0 Å². The third-order valence-corrected chi connectivity index (χ3v) is 1.76. The molecule has 0 radical (unpaired) electrons. The maximum atomic E-state index is 8.48. The molecule has 0 bridgehead atoms. The van der Waals surface area contributed by atoms with E-state index in [1.54, 1.807) is 6.92 Å². The SMILES string of the molecule is CC(=NO)c1ccc(CN)cc1. The molecule has 0 aliphatic heterocycles. The standard InChI is InChI=1S/C9H12N2O/c1-7(11-12)9-4-2-8(6-10)3-5-9/h2-5,12H,6,10H2,1H3. The van der Waals surface area contributed by atoms with E-state index in [-0.39, 0.29) is 0 Å². The van der Waals surface area contributed by atoms with Gasteiger partial charge < -0.3 is 10.9 Å². The van der Waals surface area contributed by atoms with Gasteiger partial charge in [0.2, 0.25) is 0 Å². The fourth-order valence-corrected chi connectivity index (χ4v) is 0.940. The Morgan fingerprint density at radius 3 is 2.42 bits per heavy atom. The van der Waals surface area contributed by atoms with Crippen LogP contribution >= 0.6 is 0 Å². The van der Waals surface area contributed by atoms with Crippen molar-refractivity contribution in [1.82, 2.24) is 0 Å². The molecule has 0 fully saturated rings. The van der Waals surface area contributed by atoms with Crippen LogP contribution in [0.15, 0.2) is 29.4 Å². The van der Waals surface area contributed by atoms with E-state index in [4.69, 9.17) is 10.9 Å². The molecule has 0 saturated carbocycles. The van der Waals surface area contributed by atoms with Crippen LogP contribution in [-0.2, 0) is 6.54 Å². The maximum absolute atomic E-state index is 8.48. The highest BCUT2D eigenvalue weighted by Gasteiger charge is 1.96. The average Bonchev–Trinajstić information content (AvgIpc) is 2.17. The first-order chi connectivity index (χ1) is 5.77. The molecule has 1 rings (SSSR count). The number of nitrogens with two attached hydrogens (primary N) is 1. The average molecular weight is 164 g/mol. The first-order valence-electron chi connectivity index (χ1n) is 3.76. The van der Waals surface area contributed by atoms with Gasteiger partial charge in [0, 0.05) is 6.54 Å². The van der Waals surface area contributed by atoms with E-state index in [0.717, 1.165) is 11.1 Å². The lowest BCUT2D eigenvalue weighted by Gasteiger charge is -1.99. The van der Waals surface area contributed by atoms with Gasteiger partial charge >= 0.3 is 0 Å². The summed E-state index contributed by atoms with van der Waals surface area (Å²) in [6, 6.07) is 7.61. The third-order valence-electron chi connectivity index (χ3n) is 1.76. The molecule has 3 N–H and O–H groups in total. The summed E-state index contributed by atoms with van der Waals surface area (Å²) in [7, 11) is 0. The van der Waals surface area contributed by atoms with Gasteiger partial charge in [-0.3, -0.25) is 0 Å². The highest BCUT2D eigenvalue weighted by Crippen LogP contribution is 2.04. The van der Waals surface area contributed by atoms with Crippen molar-refractivity contribution >= 4 is 5.71 Å². The summed E-state index contributed by atoms with van der Waals surface area (Å²) in [6.45, 7) is 2.28. The Bertz CT molecular complexity index is 277. The monoisotopic (exact) mass is 164 g/mol. The molecule has 12 heavy (non-hydrogen) atoms. The van der Waals surface area contributed by atoms with E-state index < -0.39 is 0 Å². The normalized spacial score (nSPS) is 11.7. The minimum absolute atomic E-state index is 0.537. The van der Waals surface area contributed by atoms with Gasteiger partial charge in [0.05, 0.1) is 5.71 Å². The molecule has 0 atom stereocenters. The van der Waals surface area contributed by atoms with Crippen molar-refractivity contribution in [3.8, 4) is 0 Å². The molecule has 0 heterocycles. The summed E-state index contributed by atoms with van der Waals surface area (Å²) < 4.78 is 0. The summed E-state index contributed by atoms with van der Waals surface area (Å²) in [4.78, 5) is 0. The Morgan fingerprint density at radius 2 is 2.00 bits per heavy atom. The van der Waals surface area contributed by atoms with E-state index in [2.05, 4.69) is 5.16 Å². The van der Waals surface area contributed by atoms with Crippen LogP contribution in [0.25, 0.3) is 0 Å². The largest absolute Gasteiger partial charge is 0.411 e. The summed E-state index contributed by atoms with van der Waals surface area (Å²) >= 11 is 0. The van der Waals surface area contributed by atoms with E-state index in [1.165, 1.54) is 0 Å². The highest BCUT2D eigenvalue weighted by atomic mass is 16.4. The lowest BCUT2D eigenvalue weighted by atomic mass is 10.1. The molecule has 1 aromatic rings. The van der Waals surface area contributed by atoms with Crippen LogP contribution in [0.1, 0.15) is 18.1 Å². The van der Waals surface area contributed by atoms with Crippen molar-refractivity contribution in [3.63, 3.8) is 0 Å². The molecular weight excluding hydrogens is 152 g/mol. The second-order valence-corrected chi connectivity index (χ2v) is 2.59. The first-order valence-corrected chi connectivity index (χ1v) is 3.76. The predicted molar refractivity (Wildman–Crippen MR) is 48.3 cm³/mol. The molecule has 0 aromatic heterocycles. The van der Waals surface area contributed by atoms with Gasteiger partial charge in [-0.15, -0.1) is 0 Å². The molecular formula is C9H12N2O. The Labute approximate surface area is 71.5 Å². The maximum Gasteiger partial charge on any atom is 0.0836 e. The number of nitrogens with zero attached hydrogens (tertiary/aromatic N) is 1. The summed E-state index contributed by atoms with van der Waals surface area (Å²) in [5.74, 6) is 0. The van der Waals surface area contributed by atoms with E-state index >= 15 is 0 Å². The Morgan fingerprint density at radius 1 is 1.42 bits per heavy atom. The number of benzene rings is 1. The molecule has 0 unspecified atom stereocenters. The molecule has 1 aromatic carbocycles. The Balaban J connectivity index is 2.92. The second kappa shape index (κ2) is 3.88. The summed E-state index contributed by atoms with van der Waals surface area (Å²) in [6.07, 6.45) is 0. The van der Waals surface area contributed by atoms with Gasteiger partial charge in [-0.25, -0.2) is 0 Å². The lowest BCUT2D eigenvalue weighted by molar-refractivity contribution is 0.319. The fourth-order valence-electron chi connectivity index (χ4n) is 0.940. The molecule has 0 aliphatic rings. The van der Waals surface area contributed by atoms with Crippen molar-refractivity contribution < 1.29 is 5.21 Å². The summed E-state index contributed by atoms with van der Waals surface area (Å²) in [5.41, 5.74) is 8.02. The number of hydrogen-bond donors (Lipinski definition) is 2. The first kappa shape index (κ1) is 8.74. The van der Waals surface area contributed by atoms with Crippen molar-refractivity contribution in [2.75, 3.05) is 0 Å². The molecule has 64 valence electrons. The van der Waals surface area contributed by atoms with Crippen molar-refractivity contribution in [2.45, 2.75) is 13.5 Å². The number of oxime groups is 1. The summed E-state index contributed by atoms with van der Waals surface area (Å²) in [5, 5.41) is 11.6. The van der Waals surface area contributed by atoms with Gasteiger partial charge in [-0.1, -0.05) is 29.4 Å². The zero-order valence-corrected chi connectivity index (χ0v) is 6.99. The molecule has 0 saturated heterocycles. The van der Waals surface area contributed by atoms with Gasteiger partial charge in [0.15, 0.2) is 0 Å². The quantitative estimate of drug-likeness (QED) is 0.393. The zero-order valence-electron chi connectivity index (χ0n) is 6.99. The predicted octanol–water partition coefficient (Wildman–Crippen LogP) is 1.34. The van der Waals surface area contributed by atoms with Gasteiger partial charge in [-0.2, -0.15) is 0 Å². The second-order valence-electron chi connectivity index (χ2n) is 2.59. The molecule has 0 aliphatic carbocycles. The van der Waals surface area contributed by atoms with Crippen LogP contribution in [0.5, 0.6) is 0 Å². The third kappa shape index (κ3) is 1.83. The molecule has 0 amide bonds. The van der Waals surface area contributed by atoms with Crippen molar-refractivity contribution in [2.24, 2.45) is 10.9 Å². The van der Waals surface area contributed by atoms with E-state index in [0.29, 0.717) is 12.3 Å². The van der Waals surface area contributed by atoms with Crippen LogP contribution in [0.4, 0.5) is 0 Å². The van der Waals surface area contributed by atoms with Crippen molar-refractivity contribution in [3.05, 3.63) is 35.4 Å². The number of rotatable bonds is 2. The molecule has 3 heteroatoms. The molecule has 0 spiro atoms. The van der Waals surface area contributed by atoms with Gasteiger partial charge in [0.25, 0.3) is 0 Å². The minimum atomic E-state index is 0.537. The Hall–Kier alpha value is -1.35. The van der Waals surface area contributed by atoms with Gasteiger partial charge in [-0.05, 0) is 18.1 Å². The smallest absolute Gasteiger partial charge is 0.0836 e. The van der Waals surface area contributed by atoms with Gasteiger partial charge in [0.1, 0.15) is 0 Å². The van der Waals surface area contributed by atoms with Crippen molar-refractivity contribution in [1.29, 1.82) is 0 Å². The minimum Gasteiger partial charge on any atom is -0.411 e. The van der Waals surface area contributed by atoms with Crippen LogP contribution in [0.2, 0.25) is 0 Å². The van der Waals surface area contributed by atoms with Crippen LogP contribution in [0.3, 0.4) is 0 Å². The van der Waals surface area contributed by atoms with Crippen LogP contribution < -0.4 is 5.73 Å². The number of hydrogen-bond acceptors (Lipinski definition) is 3. The zero-order chi connectivity index (χ0) is 8.97. The molecule has 3 nitrogen and oxygen atoms in total. The van der Waals surface area contributed by atoms with E-state index in [9.17, 15) is 0 Å².